The van der Waals surface area contributed by atoms with Crippen LogP contribution >= 0.6 is 0 Å². The molecule has 0 fully saturated rings. The second-order valence-corrected chi connectivity index (χ2v) is 6.71. The minimum absolute atomic E-state index is 0.965. The van der Waals surface area contributed by atoms with Gasteiger partial charge in [-0.3, -0.25) is 0 Å². The van der Waals surface area contributed by atoms with Crippen molar-refractivity contribution in [1.82, 2.24) is 0 Å². The van der Waals surface area contributed by atoms with Gasteiger partial charge in [0.05, 0.1) is 0 Å². The molecule has 0 spiro atoms. The van der Waals surface area contributed by atoms with Crippen LogP contribution in [0, 0.1) is 0 Å². The maximum Gasteiger partial charge on any atom is -0.00203 e. The van der Waals surface area contributed by atoms with Crippen LogP contribution < -0.4 is 0 Å². The van der Waals surface area contributed by atoms with E-state index < -0.39 is 0 Å². The molecule has 0 aromatic heterocycles. The molecule has 0 nitrogen and oxygen atoms in total. The smallest absolute Gasteiger partial charge is 0.00203 e. The minimum Gasteiger partial charge on any atom is -0.0985 e. The van der Waals surface area contributed by atoms with E-state index in [0.717, 1.165) is 5.57 Å². The van der Waals surface area contributed by atoms with Crippen LogP contribution in [0.1, 0.15) is 25.0 Å². The number of hydrogen-bond acceptors (Lipinski definition) is 0. The van der Waals surface area contributed by atoms with Gasteiger partial charge in [-0.1, -0.05) is 86.0 Å². The van der Waals surface area contributed by atoms with Gasteiger partial charge in [-0.25, -0.2) is 0 Å². The fraction of sp³-hybridized carbons (Fsp3) is 0.0769. The summed E-state index contributed by atoms with van der Waals surface area (Å²) in [6.45, 7) is 12.6. The van der Waals surface area contributed by atoms with E-state index in [1.165, 1.54) is 49.0 Å². The maximum atomic E-state index is 4.29. The largest absolute Gasteiger partial charge is 0.0985 e. The standard InChI is InChI=1S/C26H22/c1-5-17(3)24-21-13-9-10-14-22(21)26-20-12-8-7-11-19(20)15-16-23(26)25(24)18(4)6-2/h5-16H,1,3H2,2,4H3. The third-order valence-corrected chi connectivity index (χ3v) is 5.31. The van der Waals surface area contributed by atoms with Crippen molar-refractivity contribution in [2.45, 2.75) is 13.8 Å². The molecule has 0 unspecified atom stereocenters. The fourth-order valence-electron chi connectivity index (χ4n) is 3.95. The molecule has 0 radical (unpaired) electrons. The van der Waals surface area contributed by atoms with Crippen LogP contribution in [0.3, 0.4) is 0 Å². The van der Waals surface area contributed by atoms with Crippen molar-refractivity contribution < 1.29 is 0 Å². The molecule has 4 aromatic rings. The van der Waals surface area contributed by atoms with Crippen molar-refractivity contribution in [3.63, 3.8) is 0 Å². The summed E-state index contributed by atoms with van der Waals surface area (Å²) in [7, 11) is 0. The second kappa shape index (κ2) is 6.31. The van der Waals surface area contributed by atoms with Crippen LogP contribution in [0.25, 0.3) is 43.5 Å². The molecule has 26 heavy (non-hydrogen) atoms. The van der Waals surface area contributed by atoms with Crippen molar-refractivity contribution in [1.29, 1.82) is 0 Å². The Morgan fingerprint density at radius 2 is 1.42 bits per heavy atom. The van der Waals surface area contributed by atoms with E-state index in [1.54, 1.807) is 0 Å². The molecule has 0 heterocycles. The van der Waals surface area contributed by atoms with Crippen molar-refractivity contribution in [3.05, 3.63) is 97.1 Å². The molecular weight excluding hydrogens is 312 g/mol. The van der Waals surface area contributed by atoms with Crippen LogP contribution in [-0.2, 0) is 0 Å². The lowest BCUT2D eigenvalue weighted by Gasteiger charge is -2.19. The summed E-state index contributed by atoms with van der Waals surface area (Å²) in [6, 6.07) is 21.7. The van der Waals surface area contributed by atoms with Gasteiger partial charge in [0, 0.05) is 0 Å². The van der Waals surface area contributed by atoms with E-state index in [0.29, 0.717) is 0 Å². The highest BCUT2D eigenvalue weighted by molar-refractivity contribution is 6.25. The summed E-state index contributed by atoms with van der Waals surface area (Å²) in [5.74, 6) is 0. The molecule has 0 aliphatic carbocycles. The molecule has 0 amide bonds. The molecule has 126 valence electrons. The molecule has 0 aliphatic heterocycles. The highest BCUT2D eigenvalue weighted by atomic mass is 14.2. The molecule has 0 saturated carbocycles. The van der Waals surface area contributed by atoms with E-state index in [1.807, 2.05) is 6.08 Å². The van der Waals surface area contributed by atoms with Crippen LogP contribution in [0.4, 0.5) is 0 Å². The molecule has 0 aliphatic rings. The first-order chi connectivity index (χ1) is 12.7. The van der Waals surface area contributed by atoms with Gasteiger partial charge in [-0.15, -0.1) is 0 Å². The van der Waals surface area contributed by atoms with E-state index >= 15 is 0 Å². The summed E-state index contributed by atoms with van der Waals surface area (Å²) in [6.07, 6.45) is 4.04. The Bertz CT molecular complexity index is 1220. The lowest BCUT2D eigenvalue weighted by molar-refractivity contribution is 1.57. The lowest BCUT2D eigenvalue weighted by Crippen LogP contribution is -1.96. The molecule has 0 heteroatoms. The van der Waals surface area contributed by atoms with Crippen LogP contribution in [0.15, 0.2) is 86.0 Å². The number of benzene rings is 4. The Kier molecular flexibility index (Phi) is 3.97. The van der Waals surface area contributed by atoms with Crippen molar-refractivity contribution in [2.24, 2.45) is 0 Å². The van der Waals surface area contributed by atoms with Gasteiger partial charge in [0.2, 0.25) is 0 Å². The van der Waals surface area contributed by atoms with Crippen molar-refractivity contribution in [3.8, 4) is 0 Å². The van der Waals surface area contributed by atoms with E-state index in [9.17, 15) is 0 Å². The molecule has 4 rings (SSSR count). The van der Waals surface area contributed by atoms with Crippen LogP contribution in [0.2, 0.25) is 0 Å². The third kappa shape index (κ3) is 2.30. The zero-order valence-corrected chi connectivity index (χ0v) is 15.3. The average Bonchev–Trinajstić information content (AvgIpc) is 2.71. The molecule has 0 bridgehead atoms. The highest BCUT2D eigenvalue weighted by Crippen LogP contribution is 2.42. The van der Waals surface area contributed by atoms with Gasteiger partial charge in [-0.05, 0) is 68.4 Å². The SMILES string of the molecule is C=CC(=C)c1c(C(C)=CC)c2ccc3ccccc3c2c2ccccc12. The zero-order chi connectivity index (χ0) is 18.3. The first-order valence-corrected chi connectivity index (χ1v) is 8.98. The second-order valence-electron chi connectivity index (χ2n) is 6.71. The predicted molar refractivity (Wildman–Crippen MR) is 118 cm³/mol. The monoisotopic (exact) mass is 334 g/mol. The first kappa shape index (κ1) is 16.4. The van der Waals surface area contributed by atoms with Crippen LogP contribution in [0.5, 0.6) is 0 Å². The fourth-order valence-corrected chi connectivity index (χ4v) is 3.95. The summed E-state index contributed by atoms with van der Waals surface area (Å²) in [4.78, 5) is 0. The quantitative estimate of drug-likeness (QED) is 0.265. The van der Waals surface area contributed by atoms with Gasteiger partial charge in [0.15, 0.2) is 0 Å². The third-order valence-electron chi connectivity index (χ3n) is 5.31. The maximum absolute atomic E-state index is 4.29. The number of hydrogen-bond donors (Lipinski definition) is 0. The van der Waals surface area contributed by atoms with E-state index in [4.69, 9.17) is 0 Å². The summed E-state index contributed by atoms with van der Waals surface area (Å²) in [5.41, 5.74) is 4.67. The van der Waals surface area contributed by atoms with Crippen molar-refractivity contribution in [2.75, 3.05) is 0 Å². The normalized spacial score (nSPS) is 12.0. The number of fused-ring (bicyclic) bond motifs is 5. The Hall–Kier alpha value is -3.12. The van der Waals surface area contributed by atoms with E-state index in [-0.39, 0.29) is 0 Å². The predicted octanol–water partition coefficient (Wildman–Crippen LogP) is 7.77. The van der Waals surface area contributed by atoms with Crippen molar-refractivity contribution >= 4 is 43.5 Å². The molecule has 4 aromatic carbocycles. The Morgan fingerprint density at radius 3 is 2.12 bits per heavy atom. The van der Waals surface area contributed by atoms with Gasteiger partial charge in [-0.2, -0.15) is 0 Å². The summed E-state index contributed by atoms with van der Waals surface area (Å²) >= 11 is 0. The van der Waals surface area contributed by atoms with Gasteiger partial charge < -0.3 is 0 Å². The summed E-state index contributed by atoms with van der Waals surface area (Å²) < 4.78 is 0. The highest BCUT2D eigenvalue weighted by Gasteiger charge is 2.17. The lowest BCUT2D eigenvalue weighted by atomic mass is 9.84. The Balaban J connectivity index is 2.40. The zero-order valence-electron chi connectivity index (χ0n) is 15.3. The van der Waals surface area contributed by atoms with Gasteiger partial charge in [0.25, 0.3) is 0 Å². The molecule has 0 atom stereocenters. The minimum atomic E-state index is 0.965. The Labute approximate surface area is 154 Å². The van der Waals surface area contributed by atoms with E-state index in [2.05, 4.69) is 93.7 Å². The van der Waals surface area contributed by atoms with Gasteiger partial charge >= 0.3 is 0 Å². The number of rotatable bonds is 3. The average molecular weight is 334 g/mol. The molecule has 0 saturated heterocycles. The van der Waals surface area contributed by atoms with Gasteiger partial charge in [0.1, 0.15) is 0 Å². The molecule has 0 N–H and O–H groups in total. The topological polar surface area (TPSA) is 0 Å². The first-order valence-electron chi connectivity index (χ1n) is 8.98. The van der Waals surface area contributed by atoms with Crippen LogP contribution in [-0.4, -0.2) is 0 Å². The number of allylic oxidation sites excluding steroid dienone is 4. The molecular formula is C26H22. The Morgan fingerprint density at radius 1 is 0.769 bits per heavy atom. The summed E-state index contributed by atoms with van der Waals surface area (Å²) in [5, 5.41) is 7.65.